The first-order valence-electron chi connectivity index (χ1n) is 17.7. The van der Waals surface area contributed by atoms with Gasteiger partial charge in [0, 0.05) is 23.0 Å². The third-order valence-electron chi connectivity index (χ3n) is 9.96. The van der Waals surface area contributed by atoms with Crippen molar-refractivity contribution >= 4 is 64.8 Å². The minimum absolute atomic E-state index is 0.0110. The van der Waals surface area contributed by atoms with Crippen LogP contribution in [0.25, 0.3) is 27.2 Å². The maximum absolute atomic E-state index is 15.2. The molecular weight excluding hydrogens is 836 g/mol. The number of fused-ring (bicyclic) bond motifs is 2. The number of aromatic nitrogens is 2. The van der Waals surface area contributed by atoms with Crippen LogP contribution in [0, 0.1) is 6.92 Å². The van der Waals surface area contributed by atoms with Crippen molar-refractivity contribution in [2.75, 3.05) is 0 Å². The Balaban J connectivity index is 1.16. The van der Waals surface area contributed by atoms with Crippen LogP contribution in [0.2, 0.25) is 0 Å². The van der Waals surface area contributed by atoms with Crippen LogP contribution in [-0.4, -0.2) is 35.1 Å². The van der Waals surface area contributed by atoms with Crippen molar-refractivity contribution in [2.45, 2.75) is 16.7 Å². The monoisotopic (exact) mass is 864 g/mol. The molecule has 0 saturated carbocycles. The van der Waals surface area contributed by atoms with E-state index in [-0.39, 0.29) is 49.3 Å². The van der Waals surface area contributed by atoms with Gasteiger partial charge >= 0.3 is 0 Å². The molecule has 8 aromatic rings. The van der Waals surface area contributed by atoms with Gasteiger partial charge in [0.15, 0.2) is 17.8 Å². The smallest absolute Gasteiger partial charge is 0.300 e. The van der Waals surface area contributed by atoms with Crippen LogP contribution in [0.4, 0.5) is 0 Å². The van der Waals surface area contributed by atoms with Gasteiger partial charge in [-0.1, -0.05) is 48.5 Å². The Kier molecular flexibility index (Phi) is 9.69. The minimum Gasteiger partial charge on any atom is -0.456 e. The van der Waals surface area contributed by atoms with Crippen molar-refractivity contribution in [1.82, 2.24) is 9.13 Å². The number of hydrogen-bond donors (Lipinski definition) is 2. The maximum Gasteiger partial charge on any atom is 0.300 e. The molecule has 1 unspecified atom stereocenters. The molecular formula is C42H29N2O13PS2. The molecule has 2 aromatic heterocycles. The predicted octanol–water partition coefficient (Wildman–Crippen LogP) is 4.46. The van der Waals surface area contributed by atoms with Crippen molar-refractivity contribution < 1.29 is 40.0 Å². The molecule has 2 N–H and O–H groups in total. The van der Waals surface area contributed by atoms with E-state index in [9.17, 15) is 45.1 Å². The molecule has 0 spiro atoms. The highest BCUT2D eigenvalue weighted by atomic mass is 32.2. The molecule has 0 bridgehead atoms. The van der Waals surface area contributed by atoms with Gasteiger partial charge in [-0.2, -0.15) is 16.8 Å². The van der Waals surface area contributed by atoms with Crippen LogP contribution in [0.15, 0.2) is 156 Å². The van der Waals surface area contributed by atoms with Crippen LogP contribution in [0.5, 0.6) is 23.0 Å². The summed E-state index contributed by atoms with van der Waals surface area (Å²) >= 11 is 0. The summed E-state index contributed by atoms with van der Waals surface area (Å²) < 4.78 is 98.6. The fraction of sp³-hybridized carbons (Fsp3) is 0.0476. The van der Waals surface area contributed by atoms with Crippen LogP contribution in [-0.2, 0) is 31.8 Å². The number of rotatable bonds is 10. The quantitative estimate of drug-likeness (QED) is 0.143. The van der Waals surface area contributed by atoms with E-state index in [1.165, 1.54) is 74.6 Å². The number of hydrogen-bond acceptors (Lipinski definition) is 11. The van der Waals surface area contributed by atoms with Crippen molar-refractivity contribution in [3.05, 3.63) is 174 Å². The first-order valence-corrected chi connectivity index (χ1v) is 22.3. The zero-order valence-corrected chi connectivity index (χ0v) is 33.7. The van der Waals surface area contributed by atoms with Crippen molar-refractivity contribution in [1.29, 1.82) is 0 Å². The Labute approximate surface area is 339 Å². The van der Waals surface area contributed by atoms with Crippen LogP contribution in [0.1, 0.15) is 5.56 Å². The molecule has 2 heterocycles. The molecule has 1 atom stereocenters. The average Bonchev–Trinajstić information content (AvgIpc) is 3.58. The third-order valence-corrected chi connectivity index (χ3v) is 15.0. The lowest BCUT2D eigenvalue weighted by Gasteiger charge is -2.21. The molecule has 60 heavy (non-hydrogen) atoms. The van der Waals surface area contributed by atoms with Gasteiger partial charge in [-0.15, -0.1) is 0 Å². The molecule has 302 valence electrons. The standard InChI is InChI=1S/C42H29N2O13PS2/c1-24-8-6-12-35(37(24)59(50,51)52)56-25-14-18-28(19-15-25)58(49,27-9-4-3-5-10-27)29-20-16-26(17-21-29)57-36-13-7-11-34(38(36)60(53,54)55)44-41(47)32-22-30-31(23-33(32)42(44)48)40(46)43(2)39(30)45/h3-23H,1-2H3,(H,50,51,52)(H,53,54,55). The predicted molar refractivity (Wildman–Crippen MR) is 224 cm³/mol. The fourth-order valence-electron chi connectivity index (χ4n) is 7.16. The Morgan fingerprint density at radius 3 is 1.40 bits per heavy atom. The lowest BCUT2D eigenvalue weighted by atomic mass is 10.1. The van der Waals surface area contributed by atoms with Gasteiger partial charge in [0.05, 0.1) is 27.2 Å². The summed E-state index contributed by atoms with van der Waals surface area (Å²) in [5.74, 6) is -0.374. The average molecular weight is 865 g/mol. The minimum atomic E-state index is -5.21. The summed E-state index contributed by atoms with van der Waals surface area (Å²) in [4.78, 5) is 51.2. The first kappa shape index (κ1) is 40.0. The van der Waals surface area contributed by atoms with Crippen molar-refractivity contribution in [2.24, 2.45) is 7.05 Å². The zero-order valence-electron chi connectivity index (χ0n) is 31.2. The number of ether oxygens (including phenoxy) is 2. The van der Waals surface area contributed by atoms with Crippen LogP contribution in [0.3, 0.4) is 0 Å². The van der Waals surface area contributed by atoms with E-state index in [1.807, 2.05) is 0 Å². The zero-order chi connectivity index (χ0) is 42.9. The second-order valence-corrected chi connectivity index (χ2v) is 19.1. The summed E-state index contributed by atoms with van der Waals surface area (Å²) in [6, 6.07) is 30.8. The highest BCUT2D eigenvalue weighted by molar-refractivity contribution is 7.86. The Bertz CT molecular complexity index is 3480. The van der Waals surface area contributed by atoms with Gasteiger partial charge in [0.2, 0.25) is 0 Å². The van der Waals surface area contributed by atoms with E-state index in [0.717, 1.165) is 22.8 Å². The number of nitrogens with zero attached hydrogens (tertiary/aromatic N) is 2. The molecule has 0 saturated heterocycles. The van der Waals surface area contributed by atoms with E-state index >= 15 is 4.57 Å². The van der Waals surface area contributed by atoms with Gasteiger partial charge in [-0.25, -0.2) is 4.57 Å². The van der Waals surface area contributed by atoms with E-state index in [1.54, 1.807) is 48.5 Å². The van der Waals surface area contributed by atoms with Gasteiger partial charge in [0.25, 0.3) is 42.5 Å². The van der Waals surface area contributed by atoms with E-state index in [2.05, 4.69) is 0 Å². The summed E-state index contributed by atoms with van der Waals surface area (Å²) in [5, 5.41) is 0.444. The van der Waals surface area contributed by atoms with Gasteiger partial charge in [-0.05, 0) is 91.3 Å². The van der Waals surface area contributed by atoms with Crippen molar-refractivity contribution in [3.63, 3.8) is 0 Å². The summed E-state index contributed by atoms with van der Waals surface area (Å²) in [6.45, 7) is 1.51. The highest BCUT2D eigenvalue weighted by Gasteiger charge is 2.31. The van der Waals surface area contributed by atoms with Gasteiger partial charge < -0.3 is 14.0 Å². The molecule has 0 amide bonds. The second-order valence-electron chi connectivity index (χ2n) is 13.7. The molecule has 0 aliphatic carbocycles. The van der Waals surface area contributed by atoms with E-state index < -0.39 is 65.9 Å². The summed E-state index contributed by atoms with van der Waals surface area (Å²) in [5.41, 5.74) is -3.66. The van der Waals surface area contributed by atoms with Crippen LogP contribution >= 0.6 is 7.14 Å². The third kappa shape index (κ3) is 6.67. The molecule has 8 rings (SSSR count). The number of aryl methyl sites for hydroxylation is 1. The van der Waals surface area contributed by atoms with Crippen molar-refractivity contribution in [3.8, 4) is 28.7 Å². The second kappa shape index (κ2) is 14.5. The summed E-state index contributed by atoms with van der Waals surface area (Å²) in [7, 11) is -12.2. The Hall–Kier alpha value is -6.75. The molecule has 6 aromatic carbocycles. The number of benzene rings is 6. The van der Waals surface area contributed by atoms with Gasteiger partial charge in [-0.3, -0.25) is 32.9 Å². The molecule has 0 radical (unpaired) electrons. The van der Waals surface area contributed by atoms with E-state index in [4.69, 9.17) is 9.47 Å². The molecule has 15 nitrogen and oxygen atoms in total. The topological polar surface area (TPSA) is 222 Å². The SMILES string of the molecule is Cc1cccc(Oc2ccc(P(=O)(c3ccccc3)c3ccc(Oc4cccc(-n5c(=O)c6cc7c(=O)n(C)c(=O)c7cc6c5=O)c4S(=O)(=O)O)cc3)cc2)c1S(=O)(=O)O. The Morgan fingerprint density at radius 1 is 0.517 bits per heavy atom. The largest absolute Gasteiger partial charge is 0.456 e. The van der Waals surface area contributed by atoms with E-state index in [0.29, 0.717) is 20.5 Å². The molecule has 0 fully saturated rings. The maximum atomic E-state index is 15.2. The summed E-state index contributed by atoms with van der Waals surface area (Å²) in [6.07, 6.45) is 0. The Morgan fingerprint density at radius 2 is 0.933 bits per heavy atom. The van der Waals surface area contributed by atoms with Crippen LogP contribution < -0.4 is 47.6 Å². The lowest BCUT2D eigenvalue weighted by molar-refractivity contribution is 0.447. The normalized spacial score (nSPS) is 13.1. The molecule has 0 aliphatic heterocycles. The highest BCUT2D eigenvalue weighted by Crippen LogP contribution is 2.44. The fourth-order valence-corrected chi connectivity index (χ4v) is 11.4. The molecule has 18 heteroatoms. The molecule has 0 aliphatic rings. The first-order chi connectivity index (χ1) is 28.4. The lowest BCUT2D eigenvalue weighted by Crippen LogP contribution is -2.25. The van der Waals surface area contributed by atoms with Gasteiger partial charge in [0.1, 0.15) is 22.1 Å².